The molecule has 0 saturated carbocycles. The molecule has 0 bridgehead atoms. The Morgan fingerprint density at radius 2 is 2.21 bits per heavy atom. The Kier molecular flexibility index (Phi) is 3.61. The molecule has 0 aromatic heterocycles. The quantitative estimate of drug-likeness (QED) is 0.489. The highest BCUT2D eigenvalue weighted by Gasteiger charge is 2.16. The summed E-state index contributed by atoms with van der Waals surface area (Å²) < 4.78 is 17.3. The molecule has 0 radical (unpaired) electrons. The second-order valence-corrected chi connectivity index (χ2v) is 2.64. The summed E-state index contributed by atoms with van der Waals surface area (Å²) >= 11 is 0. The van der Waals surface area contributed by atoms with Crippen LogP contribution in [-0.2, 0) is 16.1 Å². The molecule has 0 saturated heterocycles. The molecule has 0 amide bonds. The monoisotopic (exact) mass is 198 g/mol. The maximum atomic E-state index is 12.9. The maximum absolute atomic E-state index is 12.9. The van der Waals surface area contributed by atoms with Crippen LogP contribution in [0, 0.1) is 5.82 Å². The zero-order chi connectivity index (χ0) is 10.6. The van der Waals surface area contributed by atoms with Crippen molar-refractivity contribution in [3.63, 3.8) is 0 Å². The summed E-state index contributed by atoms with van der Waals surface area (Å²) in [5.41, 5.74) is 0.249. The molecular weight excluding hydrogens is 190 g/mol. The number of rotatable bonds is 4. The molecule has 0 heterocycles. The highest BCUT2D eigenvalue weighted by atomic mass is 19.1. The number of benzene rings is 1. The van der Waals surface area contributed by atoms with E-state index in [1.165, 1.54) is 12.1 Å². The van der Waals surface area contributed by atoms with Gasteiger partial charge in [-0.1, -0.05) is 12.1 Å². The lowest BCUT2D eigenvalue weighted by molar-refractivity contribution is -0.129. The van der Waals surface area contributed by atoms with Gasteiger partial charge in [0.1, 0.15) is 12.4 Å². The molecule has 0 aliphatic heterocycles. The van der Waals surface area contributed by atoms with Crippen molar-refractivity contribution in [2.75, 3.05) is 0 Å². The van der Waals surface area contributed by atoms with Crippen molar-refractivity contribution >= 4 is 19.1 Å². The number of halogens is 1. The molecule has 1 aromatic rings. The van der Waals surface area contributed by atoms with E-state index in [4.69, 9.17) is 10.0 Å². The Balaban J connectivity index is 2.88. The lowest BCUT2D eigenvalue weighted by atomic mass is 9.79. The van der Waals surface area contributed by atoms with Gasteiger partial charge in [-0.05, 0) is 11.6 Å². The number of hydrogen-bond donors (Lipinski definition) is 2. The van der Waals surface area contributed by atoms with E-state index in [1.54, 1.807) is 0 Å². The third kappa shape index (κ3) is 2.55. The van der Waals surface area contributed by atoms with Crippen LogP contribution in [0.2, 0.25) is 0 Å². The summed E-state index contributed by atoms with van der Waals surface area (Å²) in [6, 6.07) is 3.70. The molecule has 74 valence electrons. The minimum atomic E-state index is -1.87. The molecule has 2 N–H and O–H groups in total. The van der Waals surface area contributed by atoms with Gasteiger partial charge >= 0.3 is 7.12 Å². The molecule has 0 atom stereocenters. The highest BCUT2D eigenvalue weighted by molar-refractivity contribution is 6.58. The van der Waals surface area contributed by atoms with Crippen molar-refractivity contribution in [3.05, 3.63) is 29.6 Å². The molecule has 0 aliphatic carbocycles. The smallest absolute Gasteiger partial charge is 0.463 e. The first kappa shape index (κ1) is 10.7. The van der Waals surface area contributed by atoms with Gasteiger partial charge in [0, 0.05) is 5.46 Å². The standard InChI is InChI=1S/C8H8BFO4/c10-8-2-1-6(4-14-5-11)3-7(8)9(12)13/h1-3,5,12-13H,4H2. The minimum Gasteiger partial charge on any atom is -0.463 e. The van der Waals surface area contributed by atoms with E-state index in [-0.39, 0.29) is 18.5 Å². The predicted octanol–water partition coefficient (Wildman–Crippen LogP) is -0.822. The van der Waals surface area contributed by atoms with Crippen molar-refractivity contribution in [3.8, 4) is 0 Å². The van der Waals surface area contributed by atoms with Gasteiger partial charge in [-0.25, -0.2) is 4.39 Å². The fourth-order valence-corrected chi connectivity index (χ4v) is 1.01. The SMILES string of the molecule is O=COCc1ccc(F)c(B(O)O)c1. The highest BCUT2D eigenvalue weighted by Crippen LogP contribution is 2.02. The van der Waals surface area contributed by atoms with E-state index < -0.39 is 12.9 Å². The third-order valence-electron chi connectivity index (χ3n) is 1.66. The molecule has 1 rings (SSSR count). The van der Waals surface area contributed by atoms with E-state index in [0.717, 1.165) is 6.07 Å². The largest absolute Gasteiger partial charge is 0.491 e. The second kappa shape index (κ2) is 4.73. The van der Waals surface area contributed by atoms with Gasteiger partial charge in [-0.3, -0.25) is 4.79 Å². The Morgan fingerprint density at radius 1 is 1.50 bits per heavy atom. The average molecular weight is 198 g/mol. The second-order valence-electron chi connectivity index (χ2n) is 2.64. The summed E-state index contributed by atoms with van der Waals surface area (Å²) in [6.07, 6.45) is 0. The lowest BCUT2D eigenvalue weighted by Crippen LogP contribution is -2.33. The maximum Gasteiger partial charge on any atom is 0.491 e. The first-order valence-electron chi connectivity index (χ1n) is 3.85. The van der Waals surface area contributed by atoms with Crippen LogP contribution in [0.15, 0.2) is 18.2 Å². The van der Waals surface area contributed by atoms with Gasteiger partial charge in [0.25, 0.3) is 6.47 Å². The molecule has 1 aromatic carbocycles. The van der Waals surface area contributed by atoms with Crippen molar-refractivity contribution in [2.45, 2.75) is 6.61 Å². The summed E-state index contributed by atoms with van der Waals surface area (Å²) in [5, 5.41) is 17.5. The van der Waals surface area contributed by atoms with Crippen LogP contribution in [0.25, 0.3) is 0 Å². The van der Waals surface area contributed by atoms with Crippen LogP contribution in [0.4, 0.5) is 4.39 Å². The minimum absolute atomic E-state index is 0.0243. The fraction of sp³-hybridized carbons (Fsp3) is 0.125. The summed E-state index contributed by atoms with van der Waals surface area (Å²) in [5.74, 6) is -0.713. The van der Waals surface area contributed by atoms with Crippen LogP contribution >= 0.6 is 0 Å². The van der Waals surface area contributed by atoms with Gasteiger partial charge in [-0.2, -0.15) is 0 Å². The van der Waals surface area contributed by atoms with Crippen molar-refractivity contribution in [1.82, 2.24) is 0 Å². The summed E-state index contributed by atoms with van der Waals surface area (Å²) in [7, 11) is -1.87. The zero-order valence-electron chi connectivity index (χ0n) is 7.18. The Bertz CT molecular complexity index is 329. The van der Waals surface area contributed by atoms with Gasteiger partial charge in [0.15, 0.2) is 0 Å². The zero-order valence-corrected chi connectivity index (χ0v) is 7.18. The van der Waals surface area contributed by atoms with E-state index in [0.29, 0.717) is 5.56 Å². The van der Waals surface area contributed by atoms with E-state index >= 15 is 0 Å². The average Bonchev–Trinajstić information content (AvgIpc) is 2.16. The van der Waals surface area contributed by atoms with Crippen molar-refractivity contribution in [1.29, 1.82) is 0 Å². The first-order chi connectivity index (χ1) is 6.65. The van der Waals surface area contributed by atoms with E-state index in [2.05, 4.69) is 4.74 Å². The van der Waals surface area contributed by atoms with Gasteiger partial charge in [0.2, 0.25) is 0 Å². The molecule has 14 heavy (non-hydrogen) atoms. The first-order valence-corrected chi connectivity index (χ1v) is 3.85. The molecule has 0 unspecified atom stereocenters. The topological polar surface area (TPSA) is 66.8 Å². The van der Waals surface area contributed by atoms with Gasteiger partial charge in [0.05, 0.1) is 0 Å². The molecule has 0 fully saturated rings. The number of ether oxygens (including phenoxy) is 1. The Hall–Kier alpha value is -1.40. The Morgan fingerprint density at radius 3 is 2.79 bits per heavy atom. The number of hydrogen-bond acceptors (Lipinski definition) is 4. The van der Waals surface area contributed by atoms with Crippen LogP contribution < -0.4 is 5.46 Å². The number of carbonyl (C=O) groups excluding carboxylic acids is 1. The third-order valence-corrected chi connectivity index (χ3v) is 1.66. The molecule has 0 spiro atoms. The molecule has 4 nitrogen and oxygen atoms in total. The normalized spacial score (nSPS) is 9.64. The van der Waals surface area contributed by atoms with E-state index in [1.807, 2.05) is 0 Å². The van der Waals surface area contributed by atoms with Crippen molar-refractivity contribution < 1.29 is 24.0 Å². The van der Waals surface area contributed by atoms with Crippen LogP contribution in [0.3, 0.4) is 0 Å². The Labute approximate surface area is 80.1 Å². The van der Waals surface area contributed by atoms with Crippen LogP contribution in [0.5, 0.6) is 0 Å². The van der Waals surface area contributed by atoms with Crippen LogP contribution in [-0.4, -0.2) is 23.6 Å². The molecular formula is C8H8BFO4. The van der Waals surface area contributed by atoms with Gasteiger partial charge < -0.3 is 14.8 Å². The van der Waals surface area contributed by atoms with Crippen molar-refractivity contribution in [2.24, 2.45) is 0 Å². The molecule has 0 aliphatic rings. The summed E-state index contributed by atoms with van der Waals surface area (Å²) in [6.45, 7) is 0.238. The van der Waals surface area contributed by atoms with Crippen LogP contribution in [0.1, 0.15) is 5.56 Å². The predicted molar refractivity (Wildman–Crippen MR) is 47.1 cm³/mol. The summed E-state index contributed by atoms with van der Waals surface area (Å²) in [4.78, 5) is 9.87. The molecule has 6 heteroatoms. The fourth-order valence-electron chi connectivity index (χ4n) is 1.01. The lowest BCUT2D eigenvalue weighted by Gasteiger charge is -2.04. The van der Waals surface area contributed by atoms with E-state index in [9.17, 15) is 9.18 Å². The van der Waals surface area contributed by atoms with Gasteiger partial charge in [-0.15, -0.1) is 0 Å². The number of carbonyl (C=O) groups is 1.